The van der Waals surface area contributed by atoms with Crippen molar-refractivity contribution in [3.05, 3.63) is 266 Å². The zero-order chi connectivity index (χ0) is 47.7. The molecule has 0 heterocycles. The summed E-state index contributed by atoms with van der Waals surface area (Å²) in [5.41, 5.74) is 29.2. The Labute approximate surface area is 423 Å². The maximum atomic E-state index is 3.36. The molecule has 0 radical (unpaired) electrons. The van der Waals surface area contributed by atoms with Gasteiger partial charge in [0.1, 0.15) is 0 Å². The van der Waals surface area contributed by atoms with Crippen LogP contribution in [0.3, 0.4) is 0 Å². The van der Waals surface area contributed by atoms with E-state index in [4.69, 9.17) is 0 Å². The molecule has 4 aliphatic carbocycles. The molecule has 0 saturated heterocycles. The molecular weight excluding hydrogens is 865 g/mol. The first-order valence-corrected chi connectivity index (χ1v) is 24.9. The van der Waals surface area contributed by atoms with Crippen LogP contribution >= 0.6 is 0 Å². The molecule has 2 bridgehead atoms. The average molecular weight is 919 g/mol. The van der Waals surface area contributed by atoms with Crippen LogP contribution in [0.25, 0.3) is 132 Å². The number of fused-ring (bicyclic) bond motifs is 11. The largest absolute Gasteiger partial charge is 0.103 e. The standard InChI is InChI=1S/C65H38.2C3H6.CH4/c1-5-17-38(18-6-1)55-45-25-13-14-26-46(45)56(39-19-7-2-8-20-39)63-51-35-32-44-49-33-36-53-61-52(34-31-43(60(49)61)42-29-30-50(62(55)63)59(51)54(44)37-42)64-57(40-21-9-3-10-22-40)47-27-15-16-28-48(47)58(65(53)64)41-23-11-4-12-24-41;2*1-3-2;/h1-36H,37H2;2*3H,1H2,2H3;1H4. The molecular formula is C72H54. The van der Waals surface area contributed by atoms with Crippen molar-refractivity contribution in [2.24, 2.45) is 0 Å². The molecule has 0 spiro atoms. The van der Waals surface area contributed by atoms with E-state index in [9.17, 15) is 0 Å². The van der Waals surface area contributed by atoms with Crippen molar-refractivity contribution in [1.82, 2.24) is 0 Å². The third-order valence-corrected chi connectivity index (χ3v) is 15.0. The van der Waals surface area contributed by atoms with Gasteiger partial charge in [-0.2, -0.15) is 0 Å². The van der Waals surface area contributed by atoms with E-state index in [0.29, 0.717) is 0 Å². The molecule has 0 N–H and O–H groups in total. The van der Waals surface area contributed by atoms with Gasteiger partial charge < -0.3 is 0 Å². The summed E-state index contributed by atoms with van der Waals surface area (Å²) in [5, 5.41) is 7.90. The van der Waals surface area contributed by atoms with Crippen LogP contribution in [-0.4, -0.2) is 0 Å². The predicted octanol–water partition coefficient (Wildman–Crippen LogP) is 20.5. The number of hydrogen-bond donors (Lipinski definition) is 0. The van der Waals surface area contributed by atoms with Gasteiger partial charge in [0.15, 0.2) is 0 Å². The summed E-state index contributed by atoms with van der Waals surface area (Å²) in [6, 6.07) is 77.3. The summed E-state index contributed by atoms with van der Waals surface area (Å²) in [7, 11) is 0. The smallest absolute Gasteiger partial charge is 0.000705 e. The Morgan fingerprint density at radius 3 is 1.06 bits per heavy atom. The molecule has 0 amide bonds. The molecule has 15 rings (SSSR count). The molecule has 11 aromatic rings. The van der Waals surface area contributed by atoms with Gasteiger partial charge in [-0.3, -0.25) is 0 Å². The fourth-order valence-corrected chi connectivity index (χ4v) is 12.5. The number of rotatable bonds is 4. The van der Waals surface area contributed by atoms with Gasteiger partial charge in [0, 0.05) is 0 Å². The van der Waals surface area contributed by atoms with Crippen LogP contribution < -0.4 is 0 Å². The summed E-state index contributed by atoms with van der Waals surface area (Å²) in [6.07, 6.45) is 9.32. The van der Waals surface area contributed by atoms with Crippen molar-refractivity contribution in [3.63, 3.8) is 0 Å². The second kappa shape index (κ2) is 17.8. The lowest BCUT2D eigenvalue weighted by molar-refractivity contribution is 1.30. The fraction of sp³-hybridized carbons (Fsp3) is 0.0556. The second-order valence-electron chi connectivity index (χ2n) is 18.9. The van der Waals surface area contributed by atoms with E-state index in [2.05, 4.69) is 232 Å². The minimum Gasteiger partial charge on any atom is -0.103 e. The number of allylic oxidation sites excluding steroid dienone is 5. The highest BCUT2D eigenvalue weighted by atomic mass is 14.4. The Hall–Kier alpha value is -8.84. The van der Waals surface area contributed by atoms with Crippen molar-refractivity contribution in [2.45, 2.75) is 27.7 Å². The fourth-order valence-electron chi connectivity index (χ4n) is 12.5. The quantitative estimate of drug-likeness (QED) is 0.154. The van der Waals surface area contributed by atoms with Gasteiger partial charge in [0.05, 0.1) is 0 Å². The van der Waals surface area contributed by atoms with E-state index in [1.165, 1.54) is 155 Å². The molecule has 342 valence electrons. The highest BCUT2D eigenvalue weighted by Crippen LogP contribution is 2.63. The topological polar surface area (TPSA) is 0 Å². The van der Waals surface area contributed by atoms with Crippen molar-refractivity contribution < 1.29 is 0 Å². The zero-order valence-corrected chi connectivity index (χ0v) is 40.1. The minimum atomic E-state index is 0. The Morgan fingerprint density at radius 1 is 0.306 bits per heavy atom. The van der Waals surface area contributed by atoms with E-state index in [0.717, 1.165) is 6.42 Å². The molecule has 0 nitrogen and oxygen atoms in total. The Balaban J connectivity index is 0.000000724. The third-order valence-electron chi connectivity index (χ3n) is 15.0. The Morgan fingerprint density at radius 2 is 0.625 bits per heavy atom. The highest BCUT2D eigenvalue weighted by molar-refractivity contribution is 6.31. The maximum Gasteiger partial charge on any atom is -0.000705 e. The van der Waals surface area contributed by atoms with Crippen LogP contribution in [0.15, 0.2) is 244 Å². The third kappa shape index (κ3) is 6.46. The van der Waals surface area contributed by atoms with Crippen LogP contribution in [0.4, 0.5) is 0 Å². The molecule has 0 aromatic heterocycles. The van der Waals surface area contributed by atoms with Gasteiger partial charge in [-0.1, -0.05) is 238 Å². The maximum absolute atomic E-state index is 3.36. The van der Waals surface area contributed by atoms with Crippen molar-refractivity contribution >= 4 is 43.5 Å². The van der Waals surface area contributed by atoms with E-state index in [1.807, 2.05) is 13.8 Å². The summed E-state index contributed by atoms with van der Waals surface area (Å²) in [5.74, 6) is 0. The first kappa shape index (κ1) is 44.4. The van der Waals surface area contributed by atoms with Gasteiger partial charge in [-0.05, 0) is 175 Å². The van der Waals surface area contributed by atoms with Gasteiger partial charge >= 0.3 is 0 Å². The lowest BCUT2D eigenvalue weighted by Crippen LogP contribution is -1.95. The Kier molecular flexibility index (Phi) is 11.0. The first-order valence-electron chi connectivity index (χ1n) is 24.9. The highest BCUT2D eigenvalue weighted by Gasteiger charge is 2.38. The molecule has 0 fully saturated rings. The number of hydrogen-bond acceptors (Lipinski definition) is 0. The van der Waals surface area contributed by atoms with Gasteiger partial charge in [0.25, 0.3) is 0 Å². The van der Waals surface area contributed by atoms with E-state index < -0.39 is 0 Å². The van der Waals surface area contributed by atoms with E-state index in [1.54, 1.807) is 12.2 Å². The van der Waals surface area contributed by atoms with Gasteiger partial charge in [-0.25, -0.2) is 0 Å². The SMILES string of the molecule is C.C1=C2c3c(ccc4c3CC(=C1)c1ccc3c5c(ccc-4c15)-c1c-3c(-c3ccccc3)c3ccccc3c1-c1ccccc1)-c1c2c(-c2ccccc2)c2ccccc2c1-c1ccccc1.C=CC.C=CC. The van der Waals surface area contributed by atoms with Crippen LogP contribution in [0.5, 0.6) is 0 Å². The van der Waals surface area contributed by atoms with Crippen LogP contribution in [-0.2, 0) is 6.42 Å². The van der Waals surface area contributed by atoms with Gasteiger partial charge in [-0.15, -0.1) is 13.2 Å². The molecule has 72 heavy (non-hydrogen) atoms. The van der Waals surface area contributed by atoms with Gasteiger partial charge in [0.2, 0.25) is 0 Å². The van der Waals surface area contributed by atoms with Crippen LogP contribution in [0.2, 0.25) is 0 Å². The molecule has 4 aliphatic rings. The first-order chi connectivity index (χ1) is 35.1. The predicted molar refractivity (Wildman–Crippen MR) is 313 cm³/mol. The van der Waals surface area contributed by atoms with Crippen molar-refractivity contribution in [3.8, 4) is 89.0 Å². The molecule has 0 heteroatoms. The molecule has 0 saturated carbocycles. The zero-order valence-electron chi connectivity index (χ0n) is 40.1. The summed E-state index contributed by atoms with van der Waals surface area (Å²) < 4.78 is 0. The van der Waals surface area contributed by atoms with E-state index >= 15 is 0 Å². The number of benzene rings is 11. The van der Waals surface area contributed by atoms with E-state index in [-0.39, 0.29) is 7.43 Å². The normalized spacial score (nSPS) is 12.4. The molecule has 0 unspecified atom stereocenters. The van der Waals surface area contributed by atoms with Crippen LogP contribution in [0.1, 0.15) is 43.5 Å². The lowest BCUT2D eigenvalue weighted by atomic mass is 9.82. The Bertz CT molecular complexity index is 3970. The monoisotopic (exact) mass is 918 g/mol. The van der Waals surface area contributed by atoms with Crippen molar-refractivity contribution in [1.29, 1.82) is 0 Å². The second-order valence-corrected chi connectivity index (χ2v) is 18.9. The lowest BCUT2D eigenvalue weighted by Gasteiger charge is -2.20. The average Bonchev–Trinajstić information content (AvgIpc) is 3.78. The van der Waals surface area contributed by atoms with Crippen molar-refractivity contribution in [2.75, 3.05) is 0 Å². The molecule has 0 atom stereocenters. The molecule has 11 aromatic carbocycles. The summed E-state index contributed by atoms with van der Waals surface area (Å²) in [4.78, 5) is 0. The molecule has 0 aliphatic heterocycles. The minimum absolute atomic E-state index is 0. The van der Waals surface area contributed by atoms with Crippen LogP contribution in [0, 0.1) is 0 Å². The summed E-state index contributed by atoms with van der Waals surface area (Å²) in [6.45, 7) is 10.5. The summed E-state index contributed by atoms with van der Waals surface area (Å²) >= 11 is 0.